The fourth-order valence-electron chi connectivity index (χ4n) is 2.24. The van der Waals surface area contributed by atoms with Crippen molar-refractivity contribution in [2.24, 2.45) is 0 Å². The zero-order valence-electron chi connectivity index (χ0n) is 13.8. The average Bonchev–Trinajstić information content (AvgIpc) is 2.95. The third kappa shape index (κ3) is 4.99. The highest BCUT2D eigenvalue weighted by Crippen LogP contribution is 2.25. The van der Waals surface area contributed by atoms with Gasteiger partial charge in [-0.3, -0.25) is 4.68 Å². The second kappa shape index (κ2) is 6.26. The summed E-state index contributed by atoms with van der Waals surface area (Å²) in [6, 6.07) is 1.54. The van der Waals surface area contributed by atoms with Crippen LogP contribution in [0, 0.1) is 0 Å². The summed E-state index contributed by atoms with van der Waals surface area (Å²) >= 11 is 0. The number of nitrogens with zero attached hydrogens (tertiary/aromatic N) is 2. The first-order valence-corrected chi connectivity index (χ1v) is 7.43. The van der Waals surface area contributed by atoms with Gasteiger partial charge in [-0.2, -0.15) is 5.10 Å². The fourth-order valence-corrected chi connectivity index (χ4v) is 2.24. The summed E-state index contributed by atoms with van der Waals surface area (Å²) < 4.78 is 18.5. The molecule has 2 rings (SSSR count). The van der Waals surface area contributed by atoms with Crippen molar-refractivity contribution in [2.75, 3.05) is 6.61 Å². The van der Waals surface area contributed by atoms with Gasteiger partial charge < -0.3 is 19.5 Å². The molecule has 1 fully saturated rings. The molecule has 22 heavy (non-hydrogen) atoms. The van der Waals surface area contributed by atoms with Gasteiger partial charge in [0.25, 0.3) is 0 Å². The maximum atomic E-state index is 12.1. The van der Waals surface area contributed by atoms with Crippen LogP contribution in [0.25, 0.3) is 0 Å². The Kier molecular flexibility index (Phi) is 4.77. The van der Waals surface area contributed by atoms with Crippen LogP contribution in [0.15, 0.2) is 18.5 Å². The van der Waals surface area contributed by atoms with Crippen LogP contribution in [-0.2, 0) is 20.8 Å². The predicted molar refractivity (Wildman–Crippen MR) is 80.3 cm³/mol. The molecular formula is C15H25N3O4. The van der Waals surface area contributed by atoms with Crippen molar-refractivity contribution in [1.82, 2.24) is 15.1 Å². The molecule has 0 radical (unpaired) electrons. The van der Waals surface area contributed by atoms with E-state index < -0.39 is 17.5 Å². The Balaban J connectivity index is 2.03. The van der Waals surface area contributed by atoms with E-state index in [9.17, 15) is 4.79 Å². The molecule has 1 aromatic rings. The molecule has 1 N–H and O–H groups in total. The normalized spacial score (nSPS) is 22.3. The molecule has 2 atom stereocenters. The third-order valence-corrected chi connectivity index (χ3v) is 3.12. The SMILES string of the molecule is CC(C)(C)OC(=O)NC(Cn1cccn1)[C@H]1COC(C)(C)O1. The number of hydrogen-bond acceptors (Lipinski definition) is 5. The number of ether oxygens (including phenoxy) is 3. The summed E-state index contributed by atoms with van der Waals surface area (Å²) in [5.74, 6) is -0.650. The molecule has 0 aromatic carbocycles. The lowest BCUT2D eigenvalue weighted by molar-refractivity contribution is -0.142. The van der Waals surface area contributed by atoms with E-state index in [4.69, 9.17) is 14.2 Å². The molecule has 0 saturated carbocycles. The monoisotopic (exact) mass is 311 g/mol. The Morgan fingerprint density at radius 2 is 2.27 bits per heavy atom. The van der Waals surface area contributed by atoms with Crippen LogP contribution in [0.1, 0.15) is 34.6 Å². The van der Waals surface area contributed by atoms with Crippen molar-refractivity contribution in [1.29, 1.82) is 0 Å². The zero-order valence-corrected chi connectivity index (χ0v) is 13.8. The minimum absolute atomic E-state index is 0.258. The molecule has 1 aliphatic rings. The minimum atomic E-state index is -0.650. The Bertz CT molecular complexity index is 493. The van der Waals surface area contributed by atoms with Gasteiger partial charge in [0.05, 0.1) is 19.2 Å². The largest absolute Gasteiger partial charge is 0.444 e. The number of hydrogen-bond donors (Lipinski definition) is 1. The molecule has 1 amide bonds. The molecular weight excluding hydrogens is 286 g/mol. The zero-order chi connectivity index (χ0) is 16.4. The summed E-state index contributed by atoms with van der Waals surface area (Å²) in [6.07, 6.45) is 2.80. The molecule has 0 aliphatic carbocycles. The number of nitrogens with one attached hydrogen (secondary N) is 1. The van der Waals surface area contributed by atoms with Crippen molar-refractivity contribution >= 4 is 6.09 Å². The highest BCUT2D eigenvalue weighted by atomic mass is 16.7. The number of rotatable bonds is 4. The van der Waals surface area contributed by atoms with Crippen molar-refractivity contribution < 1.29 is 19.0 Å². The van der Waals surface area contributed by atoms with Crippen LogP contribution < -0.4 is 5.32 Å². The van der Waals surface area contributed by atoms with Crippen molar-refractivity contribution in [3.63, 3.8) is 0 Å². The predicted octanol–water partition coefficient (Wildman–Crippen LogP) is 1.93. The lowest BCUT2D eigenvalue weighted by atomic mass is 10.1. The molecule has 1 saturated heterocycles. The average molecular weight is 311 g/mol. The summed E-state index contributed by atoms with van der Waals surface area (Å²) in [5, 5.41) is 7.04. The maximum absolute atomic E-state index is 12.1. The third-order valence-electron chi connectivity index (χ3n) is 3.12. The van der Waals surface area contributed by atoms with E-state index in [1.54, 1.807) is 10.9 Å². The van der Waals surface area contributed by atoms with Crippen LogP contribution in [0.3, 0.4) is 0 Å². The van der Waals surface area contributed by atoms with E-state index in [0.717, 1.165) is 0 Å². The van der Waals surface area contributed by atoms with Gasteiger partial charge >= 0.3 is 6.09 Å². The van der Waals surface area contributed by atoms with Gasteiger partial charge in [0.1, 0.15) is 11.7 Å². The fraction of sp³-hybridized carbons (Fsp3) is 0.733. The molecule has 2 heterocycles. The summed E-state index contributed by atoms with van der Waals surface area (Å²) in [7, 11) is 0. The molecule has 124 valence electrons. The Morgan fingerprint density at radius 3 is 2.77 bits per heavy atom. The van der Waals surface area contributed by atoms with Crippen LogP contribution >= 0.6 is 0 Å². The summed E-state index contributed by atoms with van der Waals surface area (Å²) in [6.45, 7) is 10.1. The van der Waals surface area contributed by atoms with Crippen molar-refractivity contribution in [2.45, 2.75) is 64.7 Å². The molecule has 1 aromatic heterocycles. The quantitative estimate of drug-likeness (QED) is 0.919. The topological polar surface area (TPSA) is 74.6 Å². The van der Waals surface area contributed by atoms with Gasteiger partial charge in [0.2, 0.25) is 0 Å². The van der Waals surface area contributed by atoms with Crippen LogP contribution in [-0.4, -0.2) is 46.0 Å². The van der Waals surface area contributed by atoms with E-state index in [1.165, 1.54) is 0 Å². The highest BCUT2D eigenvalue weighted by molar-refractivity contribution is 5.68. The lowest BCUT2D eigenvalue weighted by Gasteiger charge is -2.27. The number of carbonyl (C=O) groups excluding carboxylic acids is 1. The Morgan fingerprint density at radius 1 is 1.55 bits per heavy atom. The van der Waals surface area contributed by atoms with Gasteiger partial charge in [-0.05, 0) is 40.7 Å². The van der Waals surface area contributed by atoms with Crippen molar-refractivity contribution in [3.05, 3.63) is 18.5 Å². The molecule has 1 aliphatic heterocycles. The van der Waals surface area contributed by atoms with Gasteiger partial charge in [-0.15, -0.1) is 0 Å². The number of alkyl carbamates (subject to hydrolysis) is 1. The van der Waals surface area contributed by atoms with E-state index in [2.05, 4.69) is 10.4 Å². The number of amides is 1. The molecule has 1 unspecified atom stereocenters. The smallest absolute Gasteiger partial charge is 0.408 e. The molecule has 7 nitrogen and oxygen atoms in total. The Labute approximate surface area is 130 Å². The standard InChI is InChI=1S/C15H25N3O4/c1-14(2,3)22-13(19)17-11(9-18-8-6-7-16-18)12-10-20-15(4,5)21-12/h6-8,11-12H,9-10H2,1-5H3,(H,17,19)/t11?,12-/m1/s1. The molecule has 0 spiro atoms. The summed E-state index contributed by atoms with van der Waals surface area (Å²) in [4.78, 5) is 12.1. The van der Waals surface area contributed by atoms with Gasteiger partial charge in [-0.25, -0.2) is 4.79 Å². The number of aromatic nitrogens is 2. The molecule has 0 bridgehead atoms. The lowest BCUT2D eigenvalue weighted by Crippen LogP contribution is -2.49. The first-order chi connectivity index (χ1) is 10.1. The van der Waals surface area contributed by atoms with Gasteiger partial charge in [0.15, 0.2) is 5.79 Å². The van der Waals surface area contributed by atoms with Gasteiger partial charge in [0, 0.05) is 12.4 Å². The van der Waals surface area contributed by atoms with E-state index in [-0.39, 0.29) is 12.1 Å². The van der Waals surface area contributed by atoms with Crippen LogP contribution in [0.5, 0.6) is 0 Å². The summed E-state index contributed by atoms with van der Waals surface area (Å²) in [5.41, 5.74) is -0.549. The van der Waals surface area contributed by atoms with Crippen LogP contribution in [0.2, 0.25) is 0 Å². The van der Waals surface area contributed by atoms with E-state index in [0.29, 0.717) is 13.2 Å². The first-order valence-electron chi connectivity index (χ1n) is 7.43. The maximum Gasteiger partial charge on any atom is 0.408 e. The molecule has 7 heteroatoms. The first kappa shape index (κ1) is 16.8. The highest BCUT2D eigenvalue weighted by Gasteiger charge is 2.38. The van der Waals surface area contributed by atoms with E-state index in [1.807, 2.05) is 46.9 Å². The van der Waals surface area contributed by atoms with Gasteiger partial charge in [-0.1, -0.05) is 0 Å². The van der Waals surface area contributed by atoms with Crippen LogP contribution in [0.4, 0.5) is 4.79 Å². The van der Waals surface area contributed by atoms with Crippen molar-refractivity contribution in [3.8, 4) is 0 Å². The minimum Gasteiger partial charge on any atom is -0.444 e. The Hall–Kier alpha value is -1.60. The van der Waals surface area contributed by atoms with E-state index >= 15 is 0 Å². The second-order valence-electron chi connectivity index (χ2n) is 6.85. The second-order valence-corrected chi connectivity index (χ2v) is 6.85. The number of carbonyl (C=O) groups is 1.